The van der Waals surface area contributed by atoms with Crippen LogP contribution in [0.25, 0.3) is 0 Å². The van der Waals surface area contributed by atoms with Crippen LogP contribution in [0.2, 0.25) is 0 Å². The molecule has 0 rings (SSSR count). The first-order chi connectivity index (χ1) is 6.97. The third-order valence-electron chi connectivity index (χ3n) is 1.95. The number of carbonyl (C=O) groups is 1. The summed E-state index contributed by atoms with van der Waals surface area (Å²) in [5, 5.41) is 8.56. The predicted molar refractivity (Wildman–Crippen MR) is 60.7 cm³/mol. The zero-order valence-electron chi connectivity index (χ0n) is 9.02. The molecule has 0 saturated heterocycles. The lowest BCUT2D eigenvalue weighted by atomic mass is 10.1. The van der Waals surface area contributed by atoms with Crippen LogP contribution < -0.4 is 11.5 Å². The van der Waals surface area contributed by atoms with E-state index in [4.69, 9.17) is 16.6 Å². The maximum atomic E-state index is 10.4. The molecule has 5 heteroatoms. The quantitative estimate of drug-likeness (QED) is 0.325. The molecular weight excluding hydrogens is 194 g/mol. The smallest absolute Gasteiger partial charge is 0.320 e. The monoisotopic (exact) mass is 213 g/mol. The molecule has 0 aliphatic rings. The molecule has 0 radical (unpaired) electrons. The number of rotatable bonds is 7. The van der Waals surface area contributed by atoms with Crippen molar-refractivity contribution in [2.24, 2.45) is 16.5 Å². The van der Waals surface area contributed by atoms with Gasteiger partial charge in [0, 0.05) is 12.5 Å². The number of carboxylic acid groups (broad SMARTS) is 1. The zero-order chi connectivity index (χ0) is 11.8. The van der Waals surface area contributed by atoms with Crippen molar-refractivity contribution in [1.82, 2.24) is 0 Å². The van der Waals surface area contributed by atoms with E-state index in [0.29, 0.717) is 25.1 Å². The van der Waals surface area contributed by atoms with Gasteiger partial charge in [0.05, 0.1) is 5.84 Å². The van der Waals surface area contributed by atoms with Gasteiger partial charge in [-0.25, -0.2) is 0 Å². The van der Waals surface area contributed by atoms with Gasteiger partial charge in [-0.2, -0.15) is 0 Å². The van der Waals surface area contributed by atoms with Gasteiger partial charge in [-0.1, -0.05) is 6.08 Å². The Morgan fingerprint density at radius 1 is 1.60 bits per heavy atom. The molecule has 86 valence electrons. The molecule has 0 aromatic rings. The van der Waals surface area contributed by atoms with Crippen LogP contribution in [0.3, 0.4) is 0 Å². The third-order valence-corrected chi connectivity index (χ3v) is 1.95. The van der Waals surface area contributed by atoms with Gasteiger partial charge in [-0.15, -0.1) is 6.58 Å². The van der Waals surface area contributed by atoms with Crippen molar-refractivity contribution in [3.8, 4) is 0 Å². The van der Waals surface area contributed by atoms with Crippen molar-refractivity contribution in [2.45, 2.75) is 38.3 Å². The van der Waals surface area contributed by atoms with Crippen molar-refractivity contribution in [3.05, 3.63) is 12.7 Å². The van der Waals surface area contributed by atoms with Crippen LogP contribution in [0.4, 0.5) is 0 Å². The van der Waals surface area contributed by atoms with Crippen molar-refractivity contribution < 1.29 is 9.90 Å². The van der Waals surface area contributed by atoms with E-state index in [-0.39, 0.29) is 6.04 Å². The van der Waals surface area contributed by atoms with Gasteiger partial charge < -0.3 is 16.6 Å². The van der Waals surface area contributed by atoms with Crippen LogP contribution in [0.5, 0.6) is 0 Å². The molecule has 0 amide bonds. The molecule has 5 N–H and O–H groups in total. The van der Waals surface area contributed by atoms with E-state index in [0.717, 1.165) is 0 Å². The fourth-order valence-corrected chi connectivity index (χ4v) is 1.09. The third kappa shape index (κ3) is 6.68. The van der Waals surface area contributed by atoms with Crippen molar-refractivity contribution in [3.63, 3.8) is 0 Å². The molecule has 0 fully saturated rings. The van der Waals surface area contributed by atoms with Gasteiger partial charge >= 0.3 is 5.97 Å². The number of amidine groups is 1. The van der Waals surface area contributed by atoms with Crippen molar-refractivity contribution in [1.29, 1.82) is 0 Å². The maximum absolute atomic E-state index is 10.4. The van der Waals surface area contributed by atoms with E-state index < -0.39 is 12.0 Å². The van der Waals surface area contributed by atoms with Gasteiger partial charge in [-0.05, 0) is 19.8 Å². The van der Waals surface area contributed by atoms with Crippen LogP contribution in [0.1, 0.15) is 26.2 Å². The van der Waals surface area contributed by atoms with Crippen LogP contribution >= 0.6 is 0 Å². The summed E-state index contributed by atoms with van der Waals surface area (Å²) in [4.78, 5) is 14.6. The van der Waals surface area contributed by atoms with Gasteiger partial charge in [0.2, 0.25) is 0 Å². The second-order valence-electron chi connectivity index (χ2n) is 3.48. The topological polar surface area (TPSA) is 102 Å². The second-order valence-corrected chi connectivity index (χ2v) is 3.48. The molecule has 0 heterocycles. The number of aliphatic carboxylic acids is 1. The Hall–Kier alpha value is -1.36. The molecule has 2 unspecified atom stereocenters. The zero-order valence-corrected chi connectivity index (χ0v) is 9.02. The highest BCUT2D eigenvalue weighted by Gasteiger charge is 2.12. The van der Waals surface area contributed by atoms with Crippen LogP contribution in [-0.4, -0.2) is 29.0 Å². The van der Waals surface area contributed by atoms with Gasteiger partial charge in [0.1, 0.15) is 6.04 Å². The first-order valence-corrected chi connectivity index (χ1v) is 4.88. The first kappa shape index (κ1) is 13.6. The lowest BCUT2D eigenvalue weighted by Crippen LogP contribution is -2.30. The fraction of sp³-hybridized carbons (Fsp3) is 0.600. The normalized spacial score (nSPS) is 15.7. The highest BCUT2D eigenvalue weighted by atomic mass is 16.4. The molecule has 15 heavy (non-hydrogen) atoms. The van der Waals surface area contributed by atoms with Gasteiger partial charge in [0.15, 0.2) is 0 Å². The summed E-state index contributed by atoms with van der Waals surface area (Å²) in [7, 11) is 0. The fourth-order valence-electron chi connectivity index (χ4n) is 1.09. The average molecular weight is 213 g/mol. The summed E-state index contributed by atoms with van der Waals surface area (Å²) in [6.07, 6.45) is 3.25. The Morgan fingerprint density at radius 3 is 2.67 bits per heavy atom. The highest BCUT2D eigenvalue weighted by Crippen LogP contribution is 2.04. The highest BCUT2D eigenvalue weighted by molar-refractivity contribution is 5.81. The Morgan fingerprint density at radius 2 is 2.20 bits per heavy atom. The molecule has 0 spiro atoms. The molecule has 5 nitrogen and oxygen atoms in total. The molecule has 0 saturated carbocycles. The van der Waals surface area contributed by atoms with Crippen LogP contribution in [-0.2, 0) is 4.79 Å². The Labute approximate surface area is 89.9 Å². The van der Waals surface area contributed by atoms with Gasteiger partial charge in [0.25, 0.3) is 0 Å². The molecule has 2 atom stereocenters. The van der Waals surface area contributed by atoms with Crippen LogP contribution in [0, 0.1) is 0 Å². The van der Waals surface area contributed by atoms with Crippen molar-refractivity contribution >= 4 is 11.8 Å². The minimum atomic E-state index is -0.981. The number of hydrogen-bond acceptors (Lipinski definition) is 3. The summed E-state index contributed by atoms with van der Waals surface area (Å²) in [5.74, 6) is -0.466. The summed E-state index contributed by atoms with van der Waals surface area (Å²) < 4.78 is 0. The SMILES string of the molecule is C=CCC(N)=NC(C)CCC(N)C(=O)O. The van der Waals surface area contributed by atoms with E-state index in [1.807, 2.05) is 6.92 Å². The van der Waals surface area contributed by atoms with Crippen molar-refractivity contribution in [2.75, 3.05) is 0 Å². The van der Waals surface area contributed by atoms with E-state index in [2.05, 4.69) is 11.6 Å². The Bertz CT molecular complexity index is 251. The number of hydrogen-bond donors (Lipinski definition) is 3. The summed E-state index contributed by atoms with van der Waals surface area (Å²) in [5.41, 5.74) is 10.9. The molecule has 0 aromatic heterocycles. The van der Waals surface area contributed by atoms with Gasteiger partial charge in [-0.3, -0.25) is 9.79 Å². The first-order valence-electron chi connectivity index (χ1n) is 4.88. The Kier molecular flexibility index (Phi) is 6.37. The van der Waals surface area contributed by atoms with E-state index >= 15 is 0 Å². The molecule has 0 aliphatic heterocycles. The second kappa shape index (κ2) is 7.00. The minimum absolute atomic E-state index is 0.00431. The molecule has 0 aliphatic carbocycles. The summed E-state index contributed by atoms with van der Waals surface area (Å²) in [6.45, 7) is 5.43. The molecule has 0 aromatic carbocycles. The number of nitrogens with two attached hydrogens (primary N) is 2. The Balaban J connectivity index is 3.93. The lowest BCUT2D eigenvalue weighted by Gasteiger charge is -2.10. The van der Waals surface area contributed by atoms with Crippen LogP contribution in [0.15, 0.2) is 17.6 Å². The standard InChI is InChI=1S/C10H19N3O2/c1-3-4-9(12)13-7(2)5-6-8(11)10(14)15/h3,7-8H,1,4-6,11H2,2H3,(H2,12,13)(H,14,15). The molecule has 0 bridgehead atoms. The predicted octanol–water partition coefficient (Wildman–Crippen LogP) is 0.500. The largest absolute Gasteiger partial charge is 0.480 e. The average Bonchev–Trinajstić information content (AvgIpc) is 2.14. The number of aliphatic imine (C=N–C) groups is 1. The maximum Gasteiger partial charge on any atom is 0.320 e. The van der Waals surface area contributed by atoms with E-state index in [9.17, 15) is 4.79 Å². The number of nitrogens with zero attached hydrogens (tertiary/aromatic N) is 1. The molecular formula is C10H19N3O2. The summed E-state index contributed by atoms with van der Waals surface area (Å²) in [6, 6.07) is -0.821. The van der Waals surface area contributed by atoms with E-state index in [1.165, 1.54) is 0 Å². The number of carboxylic acids is 1. The summed E-state index contributed by atoms with van der Waals surface area (Å²) >= 11 is 0. The minimum Gasteiger partial charge on any atom is -0.480 e. The van der Waals surface area contributed by atoms with E-state index in [1.54, 1.807) is 6.08 Å². The lowest BCUT2D eigenvalue weighted by molar-refractivity contribution is -0.138.